The Morgan fingerprint density at radius 3 is 2.67 bits per heavy atom. The van der Waals surface area contributed by atoms with E-state index in [-0.39, 0.29) is 23.2 Å². The van der Waals surface area contributed by atoms with Gasteiger partial charge < -0.3 is 0 Å². The molecular weight excluding hydrogens is 296 g/mol. The quantitative estimate of drug-likeness (QED) is 0.478. The van der Waals surface area contributed by atoms with Crippen LogP contribution < -0.4 is 4.90 Å². The third-order valence-electron chi connectivity index (χ3n) is 3.87. The van der Waals surface area contributed by atoms with E-state index < -0.39 is 16.8 Å². The molecule has 2 aliphatic rings. The highest BCUT2D eigenvalue weighted by atomic mass is 35.5. The molecule has 0 aromatic heterocycles. The molecule has 6 nitrogen and oxygen atoms in total. The van der Waals surface area contributed by atoms with E-state index in [0.29, 0.717) is 17.9 Å². The Bertz CT molecular complexity index is 685. The number of benzene rings is 1. The average molecular weight is 307 g/mol. The van der Waals surface area contributed by atoms with Gasteiger partial charge in [-0.25, -0.2) is 4.90 Å². The number of nitrogens with zero attached hydrogens (tertiary/aromatic N) is 2. The molecule has 21 heavy (non-hydrogen) atoms. The van der Waals surface area contributed by atoms with Gasteiger partial charge in [-0.15, -0.1) is 0 Å². The molecule has 7 heteroatoms. The lowest BCUT2D eigenvalue weighted by Gasteiger charge is -2.17. The SMILES string of the molecule is O=C1[C@H]2CC=C(Cl)C[C@H]2C(=O)N1c1cccc([N+](=O)[O-])c1. The van der Waals surface area contributed by atoms with Gasteiger partial charge in [0.05, 0.1) is 22.4 Å². The van der Waals surface area contributed by atoms with E-state index in [1.54, 1.807) is 6.08 Å². The molecule has 1 saturated heterocycles. The molecule has 1 heterocycles. The monoisotopic (exact) mass is 306 g/mol. The minimum absolute atomic E-state index is 0.154. The number of carbonyl (C=O) groups is 2. The predicted octanol–water partition coefficient (Wildman–Crippen LogP) is 2.62. The minimum atomic E-state index is -0.556. The number of hydrogen-bond acceptors (Lipinski definition) is 4. The molecule has 2 atom stereocenters. The summed E-state index contributed by atoms with van der Waals surface area (Å²) in [6.07, 6.45) is 2.53. The Balaban J connectivity index is 1.97. The van der Waals surface area contributed by atoms with Crippen LogP contribution in [-0.2, 0) is 9.59 Å². The van der Waals surface area contributed by atoms with Crippen molar-refractivity contribution in [1.29, 1.82) is 0 Å². The van der Waals surface area contributed by atoms with Crippen molar-refractivity contribution < 1.29 is 14.5 Å². The van der Waals surface area contributed by atoms with Crippen LogP contribution in [0, 0.1) is 22.0 Å². The number of amides is 2. The summed E-state index contributed by atoms with van der Waals surface area (Å²) in [5.41, 5.74) is 0.0869. The Morgan fingerprint density at radius 2 is 1.95 bits per heavy atom. The molecule has 0 N–H and O–H groups in total. The number of imide groups is 1. The summed E-state index contributed by atoms with van der Waals surface area (Å²) < 4.78 is 0. The molecule has 0 saturated carbocycles. The van der Waals surface area contributed by atoms with Gasteiger partial charge >= 0.3 is 0 Å². The Hall–Kier alpha value is -2.21. The van der Waals surface area contributed by atoms with Gasteiger partial charge in [0.1, 0.15) is 0 Å². The van der Waals surface area contributed by atoms with Crippen molar-refractivity contribution in [2.45, 2.75) is 12.8 Å². The highest BCUT2D eigenvalue weighted by Gasteiger charge is 2.49. The molecule has 0 radical (unpaired) electrons. The van der Waals surface area contributed by atoms with Crippen molar-refractivity contribution in [3.8, 4) is 0 Å². The van der Waals surface area contributed by atoms with E-state index in [1.807, 2.05) is 0 Å². The van der Waals surface area contributed by atoms with Gasteiger partial charge in [-0.2, -0.15) is 0 Å². The van der Waals surface area contributed by atoms with Gasteiger partial charge in [0, 0.05) is 17.2 Å². The van der Waals surface area contributed by atoms with E-state index >= 15 is 0 Å². The number of nitro benzene ring substituents is 1. The number of halogens is 1. The van der Waals surface area contributed by atoms with Gasteiger partial charge in [-0.3, -0.25) is 19.7 Å². The maximum Gasteiger partial charge on any atom is 0.271 e. The summed E-state index contributed by atoms with van der Waals surface area (Å²) in [5, 5.41) is 11.4. The average Bonchev–Trinajstić information content (AvgIpc) is 2.70. The van der Waals surface area contributed by atoms with E-state index in [9.17, 15) is 19.7 Å². The fourth-order valence-electron chi connectivity index (χ4n) is 2.83. The highest BCUT2D eigenvalue weighted by molar-refractivity contribution is 6.30. The largest absolute Gasteiger partial charge is 0.274 e. The minimum Gasteiger partial charge on any atom is -0.274 e. The molecule has 0 spiro atoms. The molecule has 1 aliphatic carbocycles. The maximum atomic E-state index is 12.4. The second-order valence-corrected chi connectivity index (χ2v) is 5.58. The lowest BCUT2D eigenvalue weighted by atomic mass is 9.85. The van der Waals surface area contributed by atoms with E-state index in [2.05, 4.69) is 0 Å². The fraction of sp³-hybridized carbons (Fsp3) is 0.286. The van der Waals surface area contributed by atoms with Crippen molar-refractivity contribution in [2.75, 3.05) is 4.90 Å². The lowest BCUT2D eigenvalue weighted by Crippen LogP contribution is -2.30. The molecule has 3 rings (SSSR count). The van der Waals surface area contributed by atoms with E-state index in [0.717, 1.165) is 4.90 Å². The first-order valence-electron chi connectivity index (χ1n) is 6.46. The van der Waals surface area contributed by atoms with Crippen LogP contribution in [0.15, 0.2) is 35.4 Å². The first-order chi connectivity index (χ1) is 9.99. The van der Waals surface area contributed by atoms with Crippen molar-refractivity contribution in [1.82, 2.24) is 0 Å². The van der Waals surface area contributed by atoms with Crippen LogP contribution in [0.2, 0.25) is 0 Å². The molecule has 2 amide bonds. The van der Waals surface area contributed by atoms with Crippen LogP contribution >= 0.6 is 11.6 Å². The lowest BCUT2D eigenvalue weighted by molar-refractivity contribution is -0.384. The summed E-state index contributed by atoms with van der Waals surface area (Å²) in [4.78, 5) is 36.1. The number of anilines is 1. The van der Waals surface area contributed by atoms with Crippen molar-refractivity contribution in [2.24, 2.45) is 11.8 Å². The number of non-ortho nitro benzene ring substituents is 1. The van der Waals surface area contributed by atoms with Gasteiger partial charge in [0.2, 0.25) is 11.8 Å². The number of nitro groups is 1. The van der Waals surface area contributed by atoms with Gasteiger partial charge in [-0.1, -0.05) is 23.7 Å². The van der Waals surface area contributed by atoms with Crippen LogP contribution in [-0.4, -0.2) is 16.7 Å². The van der Waals surface area contributed by atoms with Crippen LogP contribution in [0.5, 0.6) is 0 Å². The van der Waals surface area contributed by atoms with Crippen molar-refractivity contribution in [3.63, 3.8) is 0 Å². The van der Waals surface area contributed by atoms with E-state index in [1.165, 1.54) is 24.3 Å². The zero-order chi connectivity index (χ0) is 15.1. The van der Waals surface area contributed by atoms with Gasteiger partial charge in [-0.05, 0) is 18.9 Å². The Labute approximate surface area is 125 Å². The molecule has 0 bridgehead atoms. The Morgan fingerprint density at radius 1 is 1.24 bits per heavy atom. The molecule has 1 fully saturated rings. The third kappa shape index (κ3) is 2.21. The van der Waals surface area contributed by atoms with Crippen LogP contribution in [0.25, 0.3) is 0 Å². The third-order valence-corrected chi connectivity index (χ3v) is 4.18. The molecule has 108 valence electrons. The zero-order valence-electron chi connectivity index (χ0n) is 10.9. The normalized spacial score (nSPS) is 24.8. The predicted molar refractivity (Wildman–Crippen MR) is 75.7 cm³/mol. The second-order valence-electron chi connectivity index (χ2n) is 5.09. The summed E-state index contributed by atoms with van der Waals surface area (Å²) in [5.74, 6) is -1.53. The standard InChI is InChI=1S/C14H11ClN2O4/c15-8-4-5-11-12(6-8)14(19)16(13(11)18)9-2-1-3-10(7-9)17(20)21/h1-4,7,11-12H,5-6H2/t11-,12+/m0/s1. The number of hydrogen-bond donors (Lipinski definition) is 0. The van der Waals surface area contributed by atoms with Crippen molar-refractivity contribution in [3.05, 3.63) is 45.5 Å². The van der Waals surface area contributed by atoms with Gasteiger partial charge in [0.25, 0.3) is 5.69 Å². The van der Waals surface area contributed by atoms with E-state index in [4.69, 9.17) is 11.6 Å². The van der Waals surface area contributed by atoms with Crippen LogP contribution in [0.4, 0.5) is 11.4 Å². The first kappa shape index (κ1) is 13.8. The van der Waals surface area contributed by atoms with Gasteiger partial charge in [0.15, 0.2) is 0 Å². The second kappa shape index (κ2) is 4.96. The molecule has 0 unspecified atom stereocenters. The summed E-state index contributed by atoms with van der Waals surface area (Å²) in [6.45, 7) is 0. The summed E-state index contributed by atoms with van der Waals surface area (Å²) in [7, 11) is 0. The van der Waals surface area contributed by atoms with Crippen LogP contribution in [0.3, 0.4) is 0 Å². The molecule has 1 aromatic carbocycles. The molecular formula is C14H11ClN2O4. The first-order valence-corrected chi connectivity index (χ1v) is 6.83. The number of allylic oxidation sites excluding steroid dienone is 2. The smallest absolute Gasteiger partial charge is 0.271 e. The van der Waals surface area contributed by atoms with Crippen LogP contribution in [0.1, 0.15) is 12.8 Å². The number of fused-ring (bicyclic) bond motifs is 1. The number of rotatable bonds is 2. The fourth-order valence-corrected chi connectivity index (χ4v) is 3.08. The Kier molecular flexibility index (Phi) is 3.25. The zero-order valence-corrected chi connectivity index (χ0v) is 11.6. The molecule has 1 aliphatic heterocycles. The maximum absolute atomic E-state index is 12.4. The highest BCUT2D eigenvalue weighted by Crippen LogP contribution is 2.41. The van der Waals surface area contributed by atoms with Crippen molar-refractivity contribution >= 4 is 34.8 Å². The molecule has 1 aromatic rings. The topological polar surface area (TPSA) is 80.5 Å². The summed E-state index contributed by atoms with van der Waals surface area (Å²) in [6, 6.07) is 5.54. The number of carbonyl (C=O) groups excluding carboxylic acids is 2. The summed E-state index contributed by atoms with van der Waals surface area (Å²) >= 11 is 5.95.